The highest BCUT2D eigenvalue weighted by atomic mass is 32.1. The summed E-state index contributed by atoms with van der Waals surface area (Å²) < 4.78 is 15.3. The maximum Gasteiger partial charge on any atom is 0.338 e. The number of esters is 1. The van der Waals surface area contributed by atoms with Crippen molar-refractivity contribution in [2.75, 3.05) is 20.8 Å². The normalized spacial score (nSPS) is 11.5. The number of rotatable bonds is 7. The molecule has 1 amide bonds. The van der Waals surface area contributed by atoms with Gasteiger partial charge in [-0.15, -0.1) is 11.3 Å². The third-order valence-corrected chi connectivity index (χ3v) is 4.36. The summed E-state index contributed by atoms with van der Waals surface area (Å²) in [6.45, 7) is 1.53. The van der Waals surface area contributed by atoms with E-state index >= 15 is 0 Å². The van der Waals surface area contributed by atoms with E-state index in [-0.39, 0.29) is 24.1 Å². The molecule has 0 aliphatic carbocycles. The van der Waals surface area contributed by atoms with Crippen LogP contribution in [0.2, 0.25) is 0 Å². The van der Waals surface area contributed by atoms with Gasteiger partial charge in [0, 0.05) is 4.88 Å². The molecule has 0 saturated heterocycles. The van der Waals surface area contributed by atoms with E-state index in [0.717, 1.165) is 4.88 Å². The molecule has 0 spiro atoms. The smallest absolute Gasteiger partial charge is 0.338 e. The Labute approximate surface area is 144 Å². The molecule has 0 aliphatic heterocycles. The van der Waals surface area contributed by atoms with E-state index in [1.54, 1.807) is 23.5 Å². The molecule has 2 rings (SSSR count). The SMILES string of the molecule is COc1ccc(C(=O)OCC(=O)N[C@H](C)c2cccs2)cc1OC. The Balaban J connectivity index is 1.89. The Bertz CT molecular complexity index is 699. The van der Waals surface area contributed by atoms with Crippen molar-refractivity contribution in [2.45, 2.75) is 13.0 Å². The number of hydrogen-bond acceptors (Lipinski definition) is 6. The number of ether oxygens (including phenoxy) is 3. The summed E-state index contributed by atoms with van der Waals surface area (Å²) in [4.78, 5) is 25.0. The lowest BCUT2D eigenvalue weighted by atomic mass is 10.2. The summed E-state index contributed by atoms with van der Waals surface area (Å²) in [5.41, 5.74) is 0.284. The fraction of sp³-hybridized carbons (Fsp3) is 0.294. The van der Waals surface area contributed by atoms with Crippen LogP contribution < -0.4 is 14.8 Å². The Hall–Kier alpha value is -2.54. The number of carbonyl (C=O) groups is 2. The summed E-state index contributed by atoms with van der Waals surface area (Å²) in [7, 11) is 2.99. The predicted octanol–water partition coefficient (Wildman–Crippen LogP) is 2.80. The van der Waals surface area contributed by atoms with Gasteiger partial charge in [0.25, 0.3) is 5.91 Å². The standard InChI is InChI=1S/C17H19NO5S/c1-11(15-5-4-8-24-15)18-16(19)10-23-17(20)12-6-7-13(21-2)14(9-12)22-3/h4-9,11H,10H2,1-3H3,(H,18,19)/t11-/m1/s1. The molecule has 0 bridgehead atoms. The molecule has 0 fully saturated rings. The van der Waals surface area contributed by atoms with Gasteiger partial charge in [0.05, 0.1) is 25.8 Å². The molecular weight excluding hydrogens is 330 g/mol. The quantitative estimate of drug-likeness (QED) is 0.778. The van der Waals surface area contributed by atoms with E-state index in [0.29, 0.717) is 11.5 Å². The van der Waals surface area contributed by atoms with Crippen molar-refractivity contribution in [3.05, 3.63) is 46.2 Å². The highest BCUT2D eigenvalue weighted by Crippen LogP contribution is 2.27. The zero-order chi connectivity index (χ0) is 17.5. The first-order valence-corrected chi connectivity index (χ1v) is 8.15. The first-order valence-electron chi connectivity index (χ1n) is 7.27. The summed E-state index contributed by atoms with van der Waals surface area (Å²) >= 11 is 1.55. The van der Waals surface area contributed by atoms with Gasteiger partial charge in [-0.2, -0.15) is 0 Å². The van der Waals surface area contributed by atoms with Crippen molar-refractivity contribution in [2.24, 2.45) is 0 Å². The fourth-order valence-electron chi connectivity index (χ4n) is 2.07. The molecule has 128 valence electrons. The lowest BCUT2D eigenvalue weighted by Gasteiger charge is -2.13. The average Bonchev–Trinajstić information content (AvgIpc) is 3.13. The zero-order valence-corrected chi connectivity index (χ0v) is 14.5. The van der Waals surface area contributed by atoms with E-state index in [4.69, 9.17) is 14.2 Å². The minimum atomic E-state index is -0.602. The zero-order valence-electron chi connectivity index (χ0n) is 13.7. The molecule has 1 atom stereocenters. The van der Waals surface area contributed by atoms with E-state index in [1.807, 2.05) is 24.4 Å². The third-order valence-electron chi connectivity index (χ3n) is 3.30. The molecule has 0 saturated carbocycles. The van der Waals surface area contributed by atoms with Crippen molar-refractivity contribution >= 4 is 23.2 Å². The molecule has 24 heavy (non-hydrogen) atoms. The number of methoxy groups -OCH3 is 2. The molecule has 1 N–H and O–H groups in total. The number of thiophene rings is 1. The average molecular weight is 349 g/mol. The minimum Gasteiger partial charge on any atom is -0.493 e. The van der Waals surface area contributed by atoms with Gasteiger partial charge < -0.3 is 19.5 Å². The van der Waals surface area contributed by atoms with Crippen LogP contribution in [-0.2, 0) is 9.53 Å². The second kappa shape index (κ2) is 8.35. The summed E-state index contributed by atoms with van der Waals surface area (Å²) in [5.74, 6) is -0.0288. The van der Waals surface area contributed by atoms with Gasteiger partial charge in [0.2, 0.25) is 0 Å². The van der Waals surface area contributed by atoms with E-state index in [1.165, 1.54) is 20.3 Å². The fourth-order valence-corrected chi connectivity index (χ4v) is 2.80. The van der Waals surface area contributed by atoms with Gasteiger partial charge in [0.15, 0.2) is 18.1 Å². The molecule has 7 heteroatoms. The summed E-state index contributed by atoms with van der Waals surface area (Å²) in [5, 5.41) is 4.72. The first-order chi connectivity index (χ1) is 11.5. The van der Waals surface area contributed by atoms with Gasteiger partial charge in [-0.05, 0) is 36.6 Å². The second-order valence-electron chi connectivity index (χ2n) is 4.95. The highest BCUT2D eigenvalue weighted by molar-refractivity contribution is 7.10. The van der Waals surface area contributed by atoms with Crippen molar-refractivity contribution < 1.29 is 23.8 Å². The largest absolute Gasteiger partial charge is 0.493 e. The maximum atomic E-state index is 12.0. The Morgan fingerprint density at radius 3 is 2.54 bits per heavy atom. The molecule has 1 aromatic carbocycles. The molecule has 0 aliphatic rings. The molecule has 0 radical (unpaired) electrons. The Kier molecular flexibility index (Phi) is 6.20. The molecule has 2 aromatic rings. The van der Waals surface area contributed by atoms with Crippen molar-refractivity contribution in [1.82, 2.24) is 5.32 Å². The second-order valence-corrected chi connectivity index (χ2v) is 5.93. The van der Waals surface area contributed by atoms with Crippen molar-refractivity contribution in [3.8, 4) is 11.5 Å². The van der Waals surface area contributed by atoms with Crippen molar-refractivity contribution in [1.29, 1.82) is 0 Å². The number of carbonyl (C=O) groups excluding carboxylic acids is 2. The monoisotopic (exact) mass is 349 g/mol. The van der Waals surface area contributed by atoms with Gasteiger partial charge in [-0.3, -0.25) is 4.79 Å². The van der Waals surface area contributed by atoms with Crippen LogP contribution in [0.5, 0.6) is 11.5 Å². The lowest BCUT2D eigenvalue weighted by Crippen LogP contribution is -2.30. The first kappa shape index (κ1) is 17.8. The molecule has 1 heterocycles. The number of amides is 1. The maximum absolute atomic E-state index is 12.0. The number of hydrogen-bond donors (Lipinski definition) is 1. The van der Waals surface area contributed by atoms with Gasteiger partial charge >= 0.3 is 5.97 Å². The number of nitrogens with one attached hydrogen (secondary N) is 1. The van der Waals surface area contributed by atoms with Crippen LogP contribution in [0.1, 0.15) is 28.2 Å². The van der Waals surface area contributed by atoms with Crippen LogP contribution in [0, 0.1) is 0 Å². The van der Waals surface area contributed by atoms with Crippen LogP contribution in [0.4, 0.5) is 0 Å². The van der Waals surface area contributed by atoms with Gasteiger partial charge in [0.1, 0.15) is 0 Å². The highest BCUT2D eigenvalue weighted by Gasteiger charge is 2.15. The van der Waals surface area contributed by atoms with E-state index < -0.39 is 5.97 Å². The van der Waals surface area contributed by atoms with E-state index in [9.17, 15) is 9.59 Å². The summed E-state index contributed by atoms with van der Waals surface area (Å²) in [6.07, 6.45) is 0. The van der Waals surface area contributed by atoms with Crippen LogP contribution in [0.3, 0.4) is 0 Å². The molecular formula is C17H19NO5S. The molecule has 0 unspecified atom stereocenters. The molecule has 6 nitrogen and oxygen atoms in total. The van der Waals surface area contributed by atoms with Crippen LogP contribution >= 0.6 is 11.3 Å². The third kappa shape index (κ3) is 4.48. The minimum absolute atomic E-state index is 0.128. The predicted molar refractivity (Wildman–Crippen MR) is 90.7 cm³/mol. The van der Waals surface area contributed by atoms with Crippen LogP contribution in [0.15, 0.2) is 35.7 Å². The van der Waals surface area contributed by atoms with Crippen molar-refractivity contribution in [3.63, 3.8) is 0 Å². The molecule has 1 aromatic heterocycles. The van der Waals surface area contributed by atoms with Crippen LogP contribution in [-0.4, -0.2) is 32.7 Å². The van der Waals surface area contributed by atoms with E-state index in [2.05, 4.69) is 5.32 Å². The van der Waals surface area contributed by atoms with Crippen LogP contribution in [0.25, 0.3) is 0 Å². The lowest BCUT2D eigenvalue weighted by molar-refractivity contribution is -0.124. The Morgan fingerprint density at radius 2 is 1.92 bits per heavy atom. The topological polar surface area (TPSA) is 73.9 Å². The Morgan fingerprint density at radius 1 is 1.17 bits per heavy atom. The van der Waals surface area contributed by atoms with Gasteiger partial charge in [-0.25, -0.2) is 4.79 Å². The summed E-state index contributed by atoms with van der Waals surface area (Å²) in [6, 6.07) is 8.39. The van der Waals surface area contributed by atoms with Gasteiger partial charge in [-0.1, -0.05) is 6.07 Å². The number of benzene rings is 1.